The standard InChI is InChI=1S/C20H22N2O4S/c1-12(2)14-5-8-19(18(11-14)26-4)27(24,25)22-16-6-7-17-15(10-16)9-13(3)20(23)21-17/h5-12,22H,1-4H3,(H,21,23). The zero-order valence-corrected chi connectivity index (χ0v) is 16.5. The molecule has 2 aromatic carbocycles. The predicted molar refractivity (Wildman–Crippen MR) is 107 cm³/mol. The first kappa shape index (κ1) is 19.0. The molecule has 2 N–H and O–H groups in total. The van der Waals surface area contributed by atoms with Crippen LogP contribution in [0.5, 0.6) is 5.75 Å². The lowest BCUT2D eigenvalue weighted by molar-refractivity contribution is 0.402. The van der Waals surface area contributed by atoms with E-state index in [0.717, 1.165) is 10.9 Å². The molecule has 0 atom stereocenters. The molecule has 0 saturated heterocycles. The third-order valence-corrected chi connectivity index (χ3v) is 5.85. The lowest BCUT2D eigenvalue weighted by atomic mass is 10.0. The Kier molecular flexibility index (Phi) is 4.97. The summed E-state index contributed by atoms with van der Waals surface area (Å²) >= 11 is 0. The van der Waals surface area contributed by atoms with E-state index in [1.54, 1.807) is 49.4 Å². The van der Waals surface area contributed by atoms with Crippen LogP contribution in [0.3, 0.4) is 0 Å². The maximum absolute atomic E-state index is 12.9. The fraction of sp³-hybridized carbons (Fsp3) is 0.250. The average molecular weight is 386 g/mol. The molecule has 6 nitrogen and oxygen atoms in total. The molecular weight excluding hydrogens is 364 g/mol. The second-order valence-corrected chi connectivity index (χ2v) is 8.40. The van der Waals surface area contributed by atoms with Crippen molar-refractivity contribution in [2.45, 2.75) is 31.6 Å². The number of aryl methyl sites for hydroxylation is 1. The van der Waals surface area contributed by atoms with Crippen molar-refractivity contribution in [2.75, 3.05) is 11.8 Å². The molecule has 27 heavy (non-hydrogen) atoms. The molecular formula is C20H22N2O4S. The van der Waals surface area contributed by atoms with E-state index in [1.807, 2.05) is 13.8 Å². The molecule has 0 aliphatic heterocycles. The largest absolute Gasteiger partial charge is 0.495 e. The zero-order valence-electron chi connectivity index (χ0n) is 15.7. The fourth-order valence-electron chi connectivity index (χ4n) is 2.85. The van der Waals surface area contributed by atoms with Gasteiger partial charge >= 0.3 is 0 Å². The Morgan fingerprint density at radius 3 is 2.48 bits per heavy atom. The number of hydrogen-bond acceptors (Lipinski definition) is 4. The van der Waals surface area contributed by atoms with Gasteiger partial charge in [-0.1, -0.05) is 19.9 Å². The van der Waals surface area contributed by atoms with Crippen LogP contribution in [0, 0.1) is 6.92 Å². The van der Waals surface area contributed by atoms with Gasteiger partial charge in [-0.15, -0.1) is 0 Å². The topological polar surface area (TPSA) is 88.3 Å². The van der Waals surface area contributed by atoms with Crippen LogP contribution < -0.4 is 15.0 Å². The number of aromatic amines is 1. The second-order valence-electron chi connectivity index (χ2n) is 6.75. The highest BCUT2D eigenvalue weighted by Gasteiger charge is 2.20. The van der Waals surface area contributed by atoms with Crippen molar-refractivity contribution in [1.29, 1.82) is 0 Å². The number of hydrogen-bond donors (Lipinski definition) is 2. The van der Waals surface area contributed by atoms with Crippen molar-refractivity contribution >= 4 is 26.6 Å². The molecule has 1 aromatic heterocycles. The maximum atomic E-state index is 12.9. The number of sulfonamides is 1. The molecule has 0 unspecified atom stereocenters. The van der Waals surface area contributed by atoms with E-state index >= 15 is 0 Å². The van der Waals surface area contributed by atoms with Crippen molar-refractivity contribution in [3.63, 3.8) is 0 Å². The van der Waals surface area contributed by atoms with Crippen molar-refractivity contribution in [3.8, 4) is 5.75 Å². The SMILES string of the molecule is COc1cc(C(C)C)ccc1S(=O)(=O)Nc1ccc2[nH]c(=O)c(C)cc2c1. The van der Waals surface area contributed by atoms with E-state index in [4.69, 9.17) is 4.74 Å². The minimum absolute atomic E-state index is 0.0761. The Balaban J connectivity index is 2.00. The molecule has 0 saturated carbocycles. The number of rotatable bonds is 5. The highest BCUT2D eigenvalue weighted by atomic mass is 32.2. The number of pyridine rings is 1. The Labute approximate surface area is 158 Å². The third-order valence-electron chi connectivity index (χ3n) is 4.43. The average Bonchev–Trinajstić information content (AvgIpc) is 2.62. The summed E-state index contributed by atoms with van der Waals surface area (Å²) in [6.45, 7) is 5.77. The van der Waals surface area contributed by atoms with Gasteiger partial charge in [0, 0.05) is 22.2 Å². The van der Waals surface area contributed by atoms with E-state index in [-0.39, 0.29) is 16.4 Å². The maximum Gasteiger partial charge on any atom is 0.265 e. The van der Waals surface area contributed by atoms with Crippen LogP contribution in [0.25, 0.3) is 10.9 Å². The quantitative estimate of drug-likeness (QED) is 0.699. The minimum Gasteiger partial charge on any atom is -0.495 e. The molecule has 3 rings (SSSR count). The number of anilines is 1. The van der Waals surface area contributed by atoms with E-state index < -0.39 is 10.0 Å². The van der Waals surface area contributed by atoms with Gasteiger partial charge in [-0.2, -0.15) is 0 Å². The molecule has 1 heterocycles. The Hall–Kier alpha value is -2.80. The second kappa shape index (κ2) is 7.08. The first-order valence-electron chi connectivity index (χ1n) is 8.55. The van der Waals surface area contributed by atoms with Gasteiger partial charge < -0.3 is 9.72 Å². The summed E-state index contributed by atoms with van der Waals surface area (Å²) in [5, 5.41) is 0.745. The molecule has 0 bridgehead atoms. The third kappa shape index (κ3) is 3.83. The summed E-state index contributed by atoms with van der Waals surface area (Å²) in [5.41, 5.74) is 2.45. The summed E-state index contributed by atoms with van der Waals surface area (Å²) in [6, 6.07) is 11.8. The molecule has 0 aliphatic carbocycles. The highest BCUT2D eigenvalue weighted by Crippen LogP contribution is 2.30. The Morgan fingerprint density at radius 1 is 1.07 bits per heavy atom. The molecule has 3 aromatic rings. The fourth-order valence-corrected chi connectivity index (χ4v) is 4.06. The number of ether oxygens (including phenoxy) is 1. The molecule has 142 valence electrons. The Bertz CT molecular complexity index is 1160. The van der Waals surface area contributed by atoms with E-state index in [1.165, 1.54) is 7.11 Å². The minimum atomic E-state index is -3.83. The number of benzene rings is 2. The Morgan fingerprint density at radius 2 is 1.81 bits per heavy atom. The van der Waals surface area contributed by atoms with Gasteiger partial charge in [0.25, 0.3) is 15.6 Å². The van der Waals surface area contributed by atoms with Crippen LogP contribution in [0.2, 0.25) is 0 Å². The normalized spacial score (nSPS) is 11.7. The van der Waals surface area contributed by atoms with E-state index in [9.17, 15) is 13.2 Å². The highest BCUT2D eigenvalue weighted by molar-refractivity contribution is 7.92. The number of aromatic nitrogens is 1. The molecule has 7 heteroatoms. The smallest absolute Gasteiger partial charge is 0.265 e. The van der Waals surface area contributed by atoms with Crippen LogP contribution >= 0.6 is 0 Å². The summed E-state index contributed by atoms with van der Waals surface area (Å²) in [7, 11) is -2.38. The first-order valence-corrected chi connectivity index (χ1v) is 10.0. The van der Waals surface area contributed by atoms with Crippen LogP contribution in [0.15, 0.2) is 52.2 Å². The molecule has 0 aliphatic rings. The van der Waals surface area contributed by atoms with Crippen LogP contribution in [0.1, 0.15) is 30.9 Å². The van der Waals surface area contributed by atoms with Gasteiger partial charge in [0.2, 0.25) is 0 Å². The number of nitrogens with one attached hydrogen (secondary N) is 2. The summed E-state index contributed by atoms with van der Waals surface area (Å²) in [5.74, 6) is 0.559. The van der Waals surface area contributed by atoms with E-state index in [2.05, 4.69) is 9.71 Å². The van der Waals surface area contributed by atoms with Crippen molar-refractivity contribution in [3.05, 3.63) is 63.9 Å². The lowest BCUT2D eigenvalue weighted by Gasteiger charge is -2.14. The molecule has 0 radical (unpaired) electrons. The van der Waals surface area contributed by atoms with Crippen LogP contribution in [0.4, 0.5) is 5.69 Å². The summed E-state index contributed by atoms with van der Waals surface area (Å²) in [4.78, 5) is 14.5. The molecule has 0 amide bonds. The van der Waals surface area contributed by atoms with Gasteiger partial charge in [-0.05, 0) is 54.8 Å². The van der Waals surface area contributed by atoms with E-state index in [0.29, 0.717) is 22.5 Å². The number of fused-ring (bicyclic) bond motifs is 1. The monoisotopic (exact) mass is 386 g/mol. The van der Waals surface area contributed by atoms with Crippen molar-refractivity contribution in [2.24, 2.45) is 0 Å². The first-order chi connectivity index (χ1) is 12.7. The van der Waals surface area contributed by atoms with Gasteiger partial charge in [0.1, 0.15) is 10.6 Å². The van der Waals surface area contributed by atoms with Gasteiger partial charge in [-0.3, -0.25) is 9.52 Å². The summed E-state index contributed by atoms with van der Waals surface area (Å²) in [6.07, 6.45) is 0. The zero-order chi connectivity index (χ0) is 19.8. The van der Waals surface area contributed by atoms with Gasteiger partial charge in [0.05, 0.1) is 7.11 Å². The van der Waals surface area contributed by atoms with Crippen LogP contribution in [-0.4, -0.2) is 20.5 Å². The van der Waals surface area contributed by atoms with Crippen molar-refractivity contribution in [1.82, 2.24) is 4.98 Å². The lowest BCUT2D eigenvalue weighted by Crippen LogP contribution is -2.14. The van der Waals surface area contributed by atoms with Crippen LogP contribution in [-0.2, 0) is 10.0 Å². The summed E-state index contributed by atoms with van der Waals surface area (Å²) < 4.78 is 33.6. The van der Waals surface area contributed by atoms with Crippen molar-refractivity contribution < 1.29 is 13.2 Å². The van der Waals surface area contributed by atoms with Gasteiger partial charge in [-0.25, -0.2) is 8.42 Å². The predicted octanol–water partition coefficient (Wildman–Crippen LogP) is 3.77. The molecule has 0 fully saturated rings. The number of methoxy groups -OCH3 is 1. The molecule has 0 spiro atoms. The van der Waals surface area contributed by atoms with Gasteiger partial charge in [0.15, 0.2) is 0 Å². The number of H-pyrrole nitrogens is 1.